The average molecular weight is 329 g/mol. The molecule has 0 aromatic heterocycles. The first-order chi connectivity index (χ1) is 11.5. The number of rotatable bonds is 7. The molecule has 2 rings (SSSR count). The zero-order chi connectivity index (χ0) is 17.6. The van der Waals surface area contributed by atoms with E-state index in [0.29, 0.717) is 12.8 Å². The molecule has 0 spiro atoms. The second kappa shape index (κ2) is 7.84. The summed E-state index contributed by atoms with van der Waals surface area (Å²) in [7, 11) is 0. The molecule has 0 heterocycles. The van der Waals surface area contributed by atoms with Gasteiger partial charge in [-0.25, -0.2) is 0 Å². The Balaban J connectivity index is 2.28. The quantitative estimate of drug-likeness (QED) is 0.627. The summed E-state index contributed by atoms with van der Waals surface area (Å²) >= 11 is 0. The lowest BCUT2D eigenvalue weighted by atomic mass is 9.73. The van der Waals surface area contributed by atoms with E-state index in [4.69, 9.17) is 5.11 Å². The highest BCUT2D eigenvalue weighted by atomic mass is 16.3. The van der Waals surface area contributed by atoms with Crippen molar-refractivity contribution in [1.82, 2.24) is 5.32 Å². The Bertz CT molecular complexity index is 619. The summed E-state index contributed by atoms with van der Waals surface area (Å²) in [6, 6.07) is 13.9. The Morgan fingerprint density at radius 3 is 1.83 bits per heavy atom. The number of phenols is 2. The van der Waals surface area contributed by atoms with Gasteiger partial charge in [0.25, 0.3) is 0 Å². The van der Waals surface area contributed by atoms with Crippen LogP contribution in [0.2, 0.25) is 0 Å². The van der Waals surface area contributed by atoms with Gasteiger partial charge in [-0.15, -0.1) is 0 Å². The third-order valence-electron chi connectivity index (χ3n) is 4.29. The molecular formula is C19H23NO4. The topological polar surface area (TPSA) is 89.8 Å². The molecular weight excluding hydrogens is 306 g/mol. The summed E-state index contributed by atoms with van der Waals surface area (Å²) < 4.78 is 0. The third kappa shape index (κ3) is 4.26. The van der Waals surface area contributed by atoms with Gasteiger partial charge >= 0.3 is 0 Å². The van der Waals surface area contributed by atoms with E-state index in [2.05, 4.69) is 5.32 Å². The summed E-state index contributed by atoms with van der Waals surface area (Å²) in [5.74, 6) is 0.257. The van der Waals surface area contributed by atoms with Crippen molar-refractivity contribution in [3.8, 4) is 11.5 Å². The minimum Gasteiger partial charge on any atom is -0.508 e. The first-order valence-electron chi connectivity index (χ1n) is 7.92. The number of amides is 1. The van der Waals surface area contributed by atoms with Crippen LogP contribution >= 0.6 is 0 Å². The molecule has 0 aliphatic rings. The van der Waals surface area contributed by atoms with Crippen LogP contribution in [0, 0.1) is 0 Å². The fraction of sp³-hybridized carbons (Fsp3) is 0.316. The number of carbonyl (C=O) groups excluding carboxylic acids is 1. The van der Waals surface area contributed by atoms with Gasteiger partial charge in [-0.1, -0.05) is 31.2 Å². The number of phenolic OH excluding ortho intramolecular Hbond substituents is 2. The fourth-order valence-corrected chi connectivity index (χ4v) is 2.76. The number of aliphatic hydroxyl groups is 1. The molecule has 0 saturated carbocycles. The summed E-state index contributed by atoms with van der Waals surface area (Å²) in [5.41, 5.74) is 1.50. The monoisotopic (exact) mass is 329 g/mol. The minimum absolute atomic E-state index is 0.0844. The molecule has 0 radical (unpaired) electrons. The van der Waals surface area contributed by atoms with Gasteiger partial charge in [-0.05, 0) is 41.8 Å². The number of nitrogens with one attached hydrogen (secondary N) is 1. The number of hydrogen-bond donors (Lipinski definition) is 4. The Morgan fingerprint density at radius 2 is 1.42 bits per heavy atom. The average Bonchev–Trinajstić information content (AvgIpc) is 2.59. The van der Waals surface area contributed by atoms with Crippen LogP contribution in [0.1, 0.15) is 30.9 Å². The van der Waals surface area contributed by atoms with E-state index in [9.17, 15) is 15.0 Å². The first kappa shape index (κ1) is 17.8. The van der Waals surface area contributed by atoms with Gasteiger partial charge in [0.2, 0.25) is 5.91 Å². The van der Waals surface area contributed by atoms with Gasteiger partial charge < -0.3 is 20.6 Å². The SMILES string of the molecule is CC(CCC(=O)NCCO)(c1ccc(O)cc1)c1ccc(O)cc1. The fourth-order valence-electron chi connectivity index (χ4n) is 2.76. The van der Waals surface area contributed by atoms with Crippen LogP contribution in [0.4, 0.5) is 0 Å². The maximum atomic E-state index is 11.9. The number of carbonyl (C=O) groups is 1. The molecule has 0 saturated heterocycles. The lowest BCUT2D eigenvalue weighted by Crippen LogP contribution is -2.30. The normalized spacial score (nSPS) is 11.2. The van der Waals surface area contributed by atoms with Gasteiger partial charge in [0, 0.05) is 18.4 Å². The summed E-state index contributed by atoms with van der Waals surface area (Å²) in [6.07, 6.45) is 0.859. The molecule has 5 nitrogen and oxygen atoms in total. The molecule has 128 valence electrons. The van der Waals surface area contributed by atoms with Crippen LogP contribution in [0.3, 0.4) is 0 Å². The number of hydrogen-bond acceptors (Lipinski definition) is 4. The first-order valence-corrected chi connectivity index (χ1v) is 7.92. The molecule has 0 bridgehead atoms. The zero-order valence-electron chi connectivity index (χ0n) is 13.7. The van der Waals surface area contributed by atoms with Crippen molar-refractivity contribution in [2.24, 2.45) is 0 Å². The Labute approximate surface area is 141 Å². The zero-order valence-corrected chi connectivity index (χ0v) is 13.7. The smallest absolute Gasteiger partial charge is 0.220 e. The lowest BCUT2D eigenvalue weighted by molar-refractivity contribution is -0.121. The number of aliphatic hydroxyl groups excluding tert-OH is 1. The van der Waals surface area contributed by atoms with Crippen molar-refractivity contribution in [1.29, 1.82) is 0 Å². The lowest BCUT2D eigenvalue weighted by Gasteiger charge is -2.31. The van der Waals surface area contributed by atoms with E-state index in [0.717, 1.165) is 11.1 Å². The van der Waals surface area contributed by atoms with Crippen molar-refractivity contribution >= 4 is 5.91 Å². The van der Waals surface area contributed by atoms with Crippen molar-refractivity contribution in [2.75, 3.05) is 13.2 Å². The number of benzene rings is 2. The van der Waals surface area contributed by atoms with Gasteiger partial charge in [-0.2, -0.15) is 0 Å². The van der Waals surface area contributed by atoms with Crippen molar-refractivity contribution < 1.29 is 20.1 Å². The van der Waals surface area contributed by atoms with Gasteiger partial charge in [0.1, 0.15) is 11.5 Å². The Kier molecular flexibility index (Phi) is 5.82. The maximum absolute atomic E-state index is 11.9. The Morgan fingerprint density at radius 1 is 0.958 bits per heavy atom. The highest BCUT2D eigenvalue weighted by Gasteiger charge is 2.29. The van der Waals surface area contributed by atoms with E-state index in [1.54, 1.807) is 24.3 Å². The van der Waals surface area contributed by atoms with E-state index in [1.165, 1.54) is 0 Å². The molecule has 2 aromatic carbocycles. The molecule has 1 amide bonds. The summed E-state index contributed by atoms with van der Waals surface area (Å²) in [5, 5.41) is 30.5. The van der Waals surface area contributed by atoms with Crippen LogP contribution in [-0.2, 0) is 10.2 Å². The van der Waals surface area contributed by atoms with Gasteiger partial charge in [0.05, 0.1) is 6.61 Å². The van der Waals surface area contributed by atoms with E-state index >= 15 is 0 Å². The van der Waals surface area contributed by atoms with Crippen molar-refractivity contribution in [3.05, 3.63) is 59.7 Å². The van der Waals surface area contributed by atoms with Crippen molar-refractivity contribution in [2.45, 2.75) is 25.2 Å². The molecule has 0 unspecified atom stereocenters. The second-order valence-corrected chi connectivity index (χ2v) is 6.00. The van der Waals surface area contributed by atoms with Crippen LogP contribution in [-0.4, -0.2) is 34.4 Å². The van der Waals surface area contributed by atoms with Crippen LogP contribution in [0.5, 0.6) is 11.5 Å². The molecule has 0 aliphatic heterocycles. The molecule has 4 N–H and O–H groups in total. The maximum Gasteiger partial charge on any atom is 0.220 e. The number of aromatic hydroxyl groups is 2. The predicted molar refractivity (Wildman–Crippen MR) is 92.0 cm³/mol. The largest absolute Gasteiger partial charge is 0.508 e. The van der Waals surface area contributed by atoms with Gasteiger partial charge in [-0.3, -0.25) is 4.79 Å². The highest BCUT2D eigenvalue weighted by molar-refractivity contribution is 5.76. The van der Waals surface area contributed by atoms with Crippen molar-refractivity contribution in [3.63, 3.8) is 0 Å². The molecule has 0 aliphatic carbocycles. The molecule has 2 aromatic rings. The van der Waals surface area contributed by atoms with E-state index in [1.807, 2.05) is 31.2 Å². The van der Waals surface area contributed by atoms with E-state index in [-0.39, 0.29) is 30.6 Å². The van der Waals surface area contributed by atoms with Crippen LogP contribution in [0.25, 0.3) is 0 Å². The summed E-state index contributed by atoms with van der Waals surface area (Å²) in [6.45, 7) is 2.19. The Hall–Kier alpha value is -2.53. The summed E-state index contributed by atoms with van der Waals surface area (Å²) in [4.78, 5) is 11.9. The molecule has 24 heavy (non-hydrogen) atoms. The van der Waals surface area contributed by atoms with Gasteiger partial charge in [0.15, 0.2) is 0 Å². The molecule has 5 heteroatoms. The third-order valence-corrected chi connectivity index (χ3v) is 4.29. The molecule has 0 fully saturated rings. The second-order valence-electron chi connectivity index (χ2n) is 6.00. The minimum atomic E-state index is -0.446. The molecule has 0 atom stereocenters. The highest BCUT2D eigenvalue weighted by Crippen LogP contribution is 2.37. The van der Waals surface area contributed by atoms with Crippen LogP contribution in [0.15, 0.2) is 48.5 Å². The predicted octanol–water partition coefficient (Wildman–Crippen LogP) is 2.29. The standard InChI is InChI=1S/C19H23NO4/c1-19(11-10-18(24)20-12-13-21,14-2-6-16(22)7-3-14)15-4-8-17(23)9-5-15/h2-9,21-23H,10-13H2,1H3,(H,20,24). The van der Waals surface area contributed by atoms with Crippen LogP contribution < -0.4 is 5.32 Å². The van der Waals surface area contributed by atoms with E-state index < -0.39 is 5.41 Å².